The third kappa shape index (κ3) is 7.19. The van der Waals surface area contributed by atoms with Crippen LogP contribution in [0.25, 0.3) is 0 Å². The monoisotopic (exact) mass is 230 g/mol. The lowest BCUT2D eigenvalue weighted by molar-refractivity contribution is -0.121. The summed E-state index contributed by atoms with van der Waals surface area (Å²) in [4.78, 5) is 24.1. The van der Waals surface area contributed by atoms with E-state index in [0.29, 0.717) is 19.4 Å². The highest BCUT2D eigenvalue weighted by Gasteiger charge is 2.09. The normalized spacial score (nSPS) is 10.2. The summed E-state index contributed by atoms with van der Waals surface area (Å²) < 4.78 is 0. The number of likely N-dealkylation sites (N-methyl/N-ethyl adjacent to an activating group) is 1. The van der Waals surface area contributed by atoms with E-state index in [2.05, 4.69) is 17.7 Å². The van der Waals surface area contributed by atoms with Crippen LogP contribution in [0.3, 0.4) is 0 Å². The lowest BCUT2D eigenvalue weighted by Gasteiger charge is -2.20. The van der Waals surface area contributed by atoms with Gasteiger partial charge < -0.3 is 5.32 Å². The average Bonchev–Trinajstić information content (AvgIpc) is 2.28. The van der Waals surface area contributed by atoms with Crippen molar-refractivity contribution in [3.63, 3.8) is 0 Å². The minimum Gasteiger partial charge on any atom is -0.358 e. The molecule has 16 heavy (non-hydrogen) atoms. The van der Waals surface area contributed by atoms with Crippen molar-refractivity contribution in [1.82, 2.24) is 15.6 Å². The average molecular weight is 230 g/mol. The topological polar surface area (TPSA) is 87.5 Å². The van der Waals surface area contributed by atoms with E-state index in [-0.39, 0.29) is 11.8 Å². The van der Waals surface area contributed by atoms with Gasteiger partial charge in [0.25, 0.3) is 0 Å². The third-order valence-electron chi connectivity index (χ3n) is 2.23. The fraction of sp³-hybridized carbons (Fsp3) is 0.800. The van der Waals surface area contributed by atoms with E-state index in [4.69, 9.17) is 5.84 Å². The van der Waals surface area contributed by atoms with Crippen LogP contribution in [-0.4, -0.2) is 43.4 Å². The predicted octanol–water partition coefficient (Wildman–Crippen LogP) is -0.785. The molecule has 0 spiro atoms. The first-order valence-electron chi connectivity index (χ1n) is 5.56. The van der Waals surface area contributed by atoms with Gasteiger partial charge in [-0.2, -0.15) is 0 Å². The number of rotatable bonds is 8. The van der Waals surface area contributed by atoms with Gasteiger partial charge in [-0.15, -0.1) is 0 Å². The molecule has 0 bridgehead atoms. The number of nitrogens with zero attached hydrogens (tertiary/aromatic N) is 1. The second kappa shape index (κ2) is 9.11. The van der Waals surface area contributed by atoms with Crippen LogP contribution in [0.1, 0.15) is 26.2 Å². The minimum atomic E-state index is -0.170. The molecule has 0 aromatic heterocycles. The van der Waals surface area contributed by atoms with E-state index in [1.807, 2.05) is 4.90 Å². The van der Waals surface area contributed by atoms with E-state index < -0.39 is 0 Å². The molecule has 6 nitrogen and oxygen atoms in total. The lowest BCUT2D eigenvalue weighted by atomic mass is 10.2. The van der Waals surface area contributed by atoms with Gasteiger partial charge in [-0.05, 0) is 25.9 Å². The third-order valence-corrected chi connectivity index (χ3v) is 2.23. The molecule has 0 radical (unpaired) electrons. The molecule has 4 N–H and O–H groups in total. The van der Waals surface area contributed by atoms with Crippen LogP contribution < -0.4 is 16.6 Å². The van der Waals surface area contributed by atoms with Crippen molar-refractivity contribution in [1.29, 1.82) is 0 Å². The van der Waals surface area contributed by atoms with Gasteiger partial charge in [0, 0.05) is 13.5 Å². The number of nitrogens with one attached hydrogen (secondary N) is 2. The van der Waals surface area contributed by atoms with Crippen LogP contribution in [0.5, 0.6) is 0 Å². The molecule has 0 saturated carbocycles. The fourth-order valence-corrected chi connectivity index (χ4v) is 1.40. The van der Waals surface area contributed by atoms with E-state index in [1.54, 1.807) is 7.05 Å². The van der Waals surface area contributed by atoms with E-state index in [1.165, 1.54) is 0 Å². The Labute approximate surface area is 96.5 Å². The summed E-state index contributed by atoms with van der Waals surface area (Å²) in [6.07, 6.45) is 2.09. The highest BCUT2D eigenvalue weighted by atomic mass is 16.2. The van der Waals surface area contributed by atoms with Gasteiger partial charge in [0.2, 0.25) is 11.8 Å². The lowest BCUT2D eigenvalue weighted by Crippen LogP contribution is -2.37. The van der Waals surface area contributed by atoms with Crippen LogP contribution in [-0.2, 0) is 9.59 Å². The first-order chi connectivity index (χ1) is 7.63. The van der Waals surface area contributed by atoms with Gasteiger partial charge in [-0.3, -0.25) is 19.9 Å². The summed E-state index contributed by atoms with van der Waals surface area (Å²) in [5.41, 5.74) is 2.09. The second-order valence-corrected chi connectivity index (χ2v) is 3.62. The summed E-state index contributed by atoms with van der Waals surface area (Å²) in [7, 11) is 1.62. The molecular weight excluding hydrogens is 208 g/mol. The number of carbonyl (C=O) groups is 2. The molecule has 94 valence electrons. The summed E-state index contributed by atoms with van der Waals surface area (Å²) in [6.45, 7) is 4.03. The summed E-state index contributed by atoms with van der Waals surface area (Å²) >= 11 is 0. The number of nitrogens with two attached hydrogens (primary N) is 1. The van der Waals surface area contributed by atoms with E-state index in [9.17, 15) is 9.59 Å². The smallest absolute Gasteiger partial charge is 0.233 e. The first kappa shape index (κ1) is 14.9. The Bertz CT molecular complexity index is 221. The van der Waals surface area contributed by atoms with Crippen molar-refractivity contribution < 1.29 is 9.59 Å². The quantitative estimate of drug-likeness (QED) is 0.290. The maximum Gasteiger partial charge on any atom is 0.233 e. The Kier molecular flexibility index (Phi) is 8.46. The Balaban J connectivity index is 3.84. The SMILES string of the molecule is CCCN(CCCC(=O)NN)CC(=O)NC. The molecular formula is C10H22N4O2. The highest BCUT2D eigenvalue weighted by Crippen LogP contribution is 1.97. The standard InChI is InChI=1S/C10H22N4O2/c1-3-6-14(8-10(16)12-2)7-4-5-9(15)13-11/h3-8,11H2,1-2H3,(H,12,16)(H,13,15). The highest BCUT2D eigenvalue weighted by molar-refractivity contribution is 5.77. The maximum atomic E-state index is 11.2. The Hall–Kier alpha value is -1.14. The van der Waals surface area contributed by atoms with Crippen molar-refractivity contribution in [2.24, 2.45) is 5.84 Å². The Morgan fingerprint density at radius 2 is 1.94 bits per heavy atom. The molecule has 0 heterocycles. The Morgan fingerprint density at radius 1 is 1.25 bits per heavy atom. The molecule has 0 aromatic carbocycles. The van der Waals surface area contributed by atoms with Gasteiger partial charge in [0.15, 0.2) is 0 Å². The van der Waals surface area contributed by atoms with Gasteiger partial charge in [0.05, 0.1) is 6.54 Å². The molecule has 6 heteroatoms. The predicted molar refractivity (Wildman–Crippen MR) is 62.4 cm³/mol. The zero-order valence-corrected chi connectivity index (χ0v) is 10.1. The molecule has 0 atom stereocenters. The largest absolute Gasteiger partial charge is 0.358 e. The number of carbonyl (C=O) groups excluding carboxylic acids is 2. The van der Waals surface area contributed by atoms with Gasteiger partial charge in [-0.25, -0.2) is 5.84 Å². The van der Waals surface area contributed by atoms with Crippen molar-refractivity contribution in [2.45, 2.75) is 26.2 Å². The molecule has 0 fully saturated rings. The molecule has 0 saturated heterocycles. The molecule has 0 aliphatic heterocycles. The number of amides is 2. The molecule has 0 rings (SSSR count). The van der Waals surface area contributed by atoms with E-state index >= 15 is 0 Å². The van der Waals surface area contributed by atoms with Crippen molar-refractivity contribution in [2.75, 3.05) is 26.7 Å². The molecule has 0 unspecified atom stereocenters. The summed E-state index contributed by atoms with van der Waals surface area (Å²) in [6, 6.07) is 0. The fourth-order valence-electron chi connectivity index (χ4n) is 1.40. The van der Waals surface area contributed by atoms with Crippen LogP contribution in [0.4, 0.5) is 0 Å². The van der Waals surface area contributed by atoms with Crippen molar-refractivity contribution in [3.05, 3.63) is 0 Å². The second-order valence-electron chi connectivity index (χ2n) is 3.62. The zero-order chi connectivity index (χ0) is 12.4. The van der Waals surface area contributed by atoms with Crippen LogP contribution in [0.15, 0.2) is 0 Å². The number of hydrazine groups is 1. The number of hydrogen-bond donors (Lipinski definition) is 3. The minimum absolute atomic E-state index is 0.00303. The van der Waals surface area contributed by atoms with Gasteiger partial charge in [-0.1, -0.05) is 6.92 Å². The van der Waals surface area contributed by atoms with Crippen LogP contribution >= 0.6 is 0 Å². The molecule has 0 aliphatic rings. The summed E-state index contributed by atoms with van der Waals surface area (Å²) in [5.74, 6) is 4.80. The van der Waals surface area contributed by atoms with Gasteiger partial charge >= 0.3 is 0 Å². The van der Waals surface area contributed by atoms with Gasteiger partial charge in [0.1, 0.15) is 0 Å². The molecule has 0 aliphatic carbocycles. The van der Waals surface area contributed by atoms with E-state index in [0.717, 1.165) is 19.5 Å². The Morgan fingerprint density at radius 3 is 2.44 bits per heavy atom. The maximum absolute atomic E-state index is 11.2. The van der Waals surface area contributed by atoms with Crippen LogP contribution in [0.2, 0.25) is 0 Å². The molecule has 2 amide bonds. The number of hydrogen-bond acceptors (Lipinski definition) is 4. The first-order valence-corrected chi connectivity index (χ1v) is 5.56. The van der Waals surface area contributed by atoms with Crippen LogP contribution in [0, 0.1) is 0 Å². The van der Waals surface area contributed by atoms with Crippen molar-refractivity contribution >= 4 is 11.8 Å². The molecule has 0 aromatic rings. The zero-order valence-electron chi connectivity index (χ0n) is 10.1. The van der Waals surface area contributed by atoms with Crippen molar-refractivity contribution in [3.8, 4) is 0 Å². The summed E-state index contributed by atoms with van der Waals surface area (Å²) in [5, 5.41) is 2.58.